The molecule has 0 aromatic rings. The molecule has 1 spiro atoms. The van der Waals surface area contributed by atoms with Gasteiger partial charge in [-0.2, -0.15) is 43.5 Å². The second-order valence-electron chi connectivity index (χ2n) is 10.2. The second-order valence-corrected chi connectivity index (χ2v) is 11.6. The first-order chi connectivity index (χ1) is 16.8. The van der Waals surface area contributed by atoms with E-state index in [-0.39, 0.29) is 18.8 Å². The number of rotatable bonds is 8. The molecule has 1 aliphatic heterocycles. The Hall–Kier alpha value is -1.30. The zero-order chi connectivity index (χ0) is 27.7. The van der Waals surface area contributed by atoms with Gasteiger partial charge in [-0.25, -0.2) is 0 Å². The largest absolute Gasteiger partial charge is 0.465 e. The maximum absolute atomic E-state index is 13.9. The smallest absolute Gasteiger partial charge is 0.459 e. The lowest BCUT2D eigenvalue weighted by Gasteiger charge is -2.62. The molecule has 5 rings (SSSR count). The van der Waals surface area contributed by atoms with Gasteiger partial charge in [-0.05, 0) is 38.0 Å². The van der Waals surface area contributed by atoms with Gasteiger partial charge in [0.2, 0.25) is 0 Å². The first-order valence-corrected chi connectivity index (χ1v) is 12.8. The predicted molar refractivity (Wildman–Crippen MR) is 103 cm³/mol. The Morgan fingerprint density at radius 3 is 1.92 bits per heavy atom. The van der Waals surface area contributed by atoms with E-state index in [1.54, 1.807) is 0 Å². The Kier molecular flexibility index (Phi) is 6.87. The third-order valence-corrected chi connectivity index (χ3v) is 8.61. The Balaban J connectivity index is 1.35. The van der Waals surface area contributed by atoms with E-state index in [0.717, 1.165) is 0 Å². The molecule has 0 amide bonds. The number of alkyl halides is 8. The van der Waals surface area contributed by atoms with Gasteiger partial charge in [0.1, 0.15) is 13.2 Å². The molecule has 37 heavy (non-hydrogen) atoms. The Morgan fingerprint density at radius 1 is 0.919 bits per heavy atom. The Labute approximate surface area is 205 Å². The van der Waals surface area contributed by atoms with E-state index in [1.807, 2.05) is 0 Å². The lowest BCUT2D eigenvalue weighted by molar-refractivity contribution is -0.346. The number of esters is 1. The summed E-state index contributed by atoms with van der Waals surface area (Å²) >= 11 is 0. The van der Waals surface area contributed by atoms with Gasteiger partial charge in [0, 0.05) is 18.3 Å². The van der Waals surface area contributed by atoms with Crippen LogP contribution in [-0.4, -0.2) is 74.4 Å². The normalized spacial score (nSPS) is 34.4. The molecule has 2 atom stereocenters. The lowest BCUT2D eigenvalue weighted by Crippen LogP contribution is -2.65. The van der Waals surface area contributed by atoms with Crippen LogP contribution < -0.4 is 0 Å². The van der Waals surface area contributed by atoms with E-state index in [2.05, 4.69) is 4.74 Å². The highest BCUT2D eigenvalue weighted by Crippen LogP contribution is 2.66. The number of carbonyl (C=O) groups excluding carboxylic acids is 1. The van der Waals surface area contributed by atoms with E-state index >= 15 is 0 Å². The van der Waals surface area contributed by atoms with Crippen LogP contribution in [0, 0.1) is 23.2 Å². The summed E-state index contributed by atoms with van der Waals surface area (Å²) in [7, 11) is -6.47. The van der Waals surface area contributed by atoms with Crippen LogP contribution in [0.4, 0.5) is 35.1 Å². The van der Waals surface area contributed by atoms with Crippen molar-refractivity contribution in [3.8, 4) is 0 Å². The molecule has 4 saturated carbocycles. The van der Waals surface area contributed by atoms with E-state index in [1.165, 1.54) is 0 Å². The van der Waals surface area contributed by atoms with Crippen molar-refractivity contribution in [1.29, 1.82) is 0 Å². The van der Waals surface area contributed by atoms with Crippen LogP contribution in [0.3, 0.4) is 0 Å². The van der Waals surface area contributed by atoms with Crippen LogP contribution in [0.2, 0.25) is 0 Å². The van der Waals surface area contributed by atoms with Gasteiger partial charge >= 0.3 is 39.3 Å². The monoisotopic (exact) mass is 576 g/mol. The fourth-order valence-electron chi connectivity index (χ4n) is 6.12. The molecule has 17 heteroatoms. The highest BCUT2D eigenvalue weighted by atomic mass is 32.2. The van der Waals surface area contributed by atoms with Crippen LogP contribution in [0.5, 0.6) is 0 Å². The molecule has 1 N–H and O–H groups in total. The summed E-state index contributed by atoms with van der Waals surface area (Å²) in [6, 6.07) is 0. The zero-order valence-corrected chi connectivity index (χ0v) is 19.9. The van der Waals surface area contributed by atoms with Gasteiger partial charge in [0.05, 0.1) is 18.6 Å². The molecule has 4 aliphatic carbocycles. The van der Waals surface area contributed by atoms with Crippen molar-refractivity contribution < 1.29 is 71.8 Å². The summed E-state index contributed by atoms with van der Waals surface area (Å²) in [4.78, 5) is 12.9. The number of hydrogen-bond donors (Lipinski definition) is 1. The van der Waals surface area contributed by atoms with Crippen LogP contribution in [-0.2, 0) is 33.9 Å². The van der Waals surface area contributed by atoms with Crippen LogP contribution in [0.25, 0.3) is 0 Å². The number of carbonyl (C=O) groups is 1. The molecule has 0 aromatic carbocycles. The predicted octanol–water partition coefficient (Wildman–Crippen LogP) is 3.85. The summed E-state index contributed by atoms with van der Waals surface area (Å²) in [6.07, 6.45) is -4.87. The minimum Gasteiger partial charge on any atom is -0.465 e. The fourth-order valence-corrected chi connectivity index (χ4v) is 6.48. The summed E-state index contributed by atoms with van der Waals surface area (Å²) in [5.74, 6) is -12.7. The average Bonchev–Trinajstić information content (AvgIpc) is 2.85. The molecule has 5 aliphatic rings. The standard InChI is InChI=1S/C20H24F8O8S/c21-16(22)9-35-18(36-10-17(16,23)24)12-4-11-5-13(18)8-15(6-11,7-12)14(29)33-2-1-3-34-19(25,26)20(27,28)37(30,31)32/h11-13H,1-10H2,(H,30,31,32). The number of halogens is 8. The highest BCUT2D eigenvalue weighted by Gasteiger charge is 2.70. The first kappa shape index (κ1) is 28.7. The van der Waals surface area contributed by atoms with Gasteiger partial charge in [-0.3, -0.25) is 9.35 Å². The van der Waals surface area contributed by atoms with Gasteiger partial charge in [-0.1, -0.05) is 0 Å². The highest BCUT2D eigenvalue weighted by molar-refractivity contribution is 7.86. The Bertz CT molecular complexity index is 984. The molecular formula is C20H24F8O8S. The summed E-state index contributed by atoms with van der Waals surface area (Å²) in [5, 5.41) is -5.90. The van der Waals surface area contributed by atoms with Crippen molar-refractivity contribution in [3.05, 3.63) is 0 Å². The molecular weight excluding hydrogens is 552 g/mol. The maximum atomic E-state index is 13.9. The van der Waals surface area contributed by atoms with E-state index in [9.17, 15) is 48.3 Å². The van der Waals surface area contributed by atoms with Crippen LogP contribution in [0.15, 0.2) is 0 Å². The van der Waals surface area contributed by atoms with Crippen molar-refractivity contribution in [2.45, 2.75) is 67.5 Å². The third kappa shape index (κ3) is 4.61. The molecule has 0 aromatic heterocycles. The topological polar surface area (TPSA) is 108 Å². The van der Waals surface area contributed by atoms with E-state index in [4.69, 9.17) is 18.8 Å². The molecule has 1 heterocycles. The first-order valence-electron chi connectivity index (χ1n) is 11.4. The molecule has 5 fully saturated rings. The van der Waals surface area contributed by atoms with Crippen LogP contribution >= 0.6 is 0 Å². The number of ether oxygens (including phenoxy) is 4. The van der Waals surface area contributed by atoms with Crippen molar-refractivity contribution >= 4 is 16.1 Å². The zero-order valence-electron chi connectivity index (χ0n) is 19.0. The van der Waals surface area contributed by atoms with Crippen molar-refractivity contribution in [2.75, 3.05) is 26.4 Å². The third-order valence-electron chi connectivity index (χ3n) is 7.72. The number of hydrogen-bond acceptors (Lipinski definition) is 7. The quantitative estimate of drug-likeness (QED) is 0.201. The van der Waals surface area contributed by atoms with Gasteiger partial charge in [-0.15, -0.1) is 0 Å². The van der Waals surface area contributed by atoms with Crippen molar-refractivity contribution in [3.63, 3.8) is 0 Å². The summed E-state index contributed by atoms with van der Waals surface area (Å²) in [5.41, 5.74) is -1.12. The summed E-state index contributed by atoms with van der Waals surface area (Å²) in [6.45, 7) is -4.81. The summed E-state index contributed by atoms with van der Waals surface area (Å²) < 4.78 is 157. The molecule has 4 bridgehead atoms. The van der Waals surface area contributed by atoms with Crippen LogP contribution in [0.1, 0.15) is 38.5 Å². The molecule has 1 saturated heterocycles. The second kappa shape index (κ2) is 8.86. The molecule has 8 nitrogen and oxygen atoms in total. The van der Waals surface area contributed by atoms with Gasteiger partial charge < -0.3 is 18.9 Å². The Morgan fingerprint density at radius 2 is 1.43 bits per heavy atom. The lowest BCUT2D eigenvalue weighted by atomic mass is 9.47. The maximum Gasteiger partial charge on any atom is 0.459 e. The van der Waals surface area contributed by atoms with Gasteiger partial charge in [0.25, 0.3) is 0 Å². The molecule has 0 radical (unpaired) electrons. The fraction of sp³-hybridized carbons (Fsp3) is 0.950. The van der Waals surface area contributed by atoms with E-state index < -0.39 is 95.2 Å². The van der Waals surface area contributed by atoms with Crippen molar-refractivity contribution in [1.82, 2.24) is 0 Å². The van der Waals surface area contributed by atoms with E-state index in [0.29, 0.717) is 19.3 Å². The molecule has 2 unspecified atom stereocenters. The SMILES string of the molecule is O=C(OCCCOC(F)(F)C(F)(F)S(=O)(=O)O)C12CC3CC(C1)C1(OCC(F)(F)C(F)(F)CO1)C(C3)C2. The minimum absolute atomic E-state index is 0.0329. The van der Waals surface area contributed by atoms with Crippen molar-refractivity contribution in [2.24, 2.45) is 23.2 Å². The minimum atomic E-state index is -6.47. The molecule has 214 valence electrons. The average molecular weight is 576 g/mol. The van der Waals surface area contributed by atoms with Gasteiger partial charge in [0.15, 0.2) is 5.79 Å².